The fourth-order valence-corrected chi connectivity index (χ4v) is 2.50. The third kappa shape index (κ3) is 4.03. The molecular weight excluding hydrogens is 301 g/mol. The van der Waals surface area contributed by atoms with Crippen LogP contribution in [0.15, 0.2) is 35.7 Å². The largest absolute Gasteiger partial charge is 0.387 e. The van der Waals surface area contributed by atoms with Crippen molar-refractivity contribution in [1.82, 2.24) is 5.32 Å². The minimum Gasteiger partial charge on any atom is -0.387 e. The Bertz CT molecular complexity index is 589. The van der Waals surface area contributed by atoms with Gasteiger partial charge >= 0.3 is 0 Å². The lowest BCUT2D eigenvalue weighted by molar-refractivity contribution is -0.120. The molecule has 1 unspecified atom stereocenters. The quantitative estimate of drug-likeness (QED) is 0.891. The minimum absolute atomic E-state index is 0.00248. The number of aliphatic hydroxyl groups excluding tert-OH is 1. The van der Waals surface area contributed by atoms with Crippen LogP contribution >= 0.6 is 22.9 Å². The molecule has 0 aliphatic carbocycles. The van der Waals surface area contributed by atoms with Crippen molar-refractivity contribution in [2.24, 2.45) is 0 Å². The Morgan fingerprint density at radius 3 is 2.90 bits per heavy atom. The number of thiophene rings is 1. The van der Waals surface area contributed by atoms with Crippen LogP contribution in [0.5, 0.6) is 0 Å². The molecule has 1 atom stereocenters. The molecule has 20 heavy (non-hydrogen) atoms. The predicted octanol–water partition coefficient (Wildman–Crippen LogP) is 2.93. The number of hydrogen-bond acceptors (Lipinski definition) is 3. The Hall–Kier alpha value is -1.43. The molecule has 2 aromatic rings. The number of aliphatic hydroxyl groups is 1. The lowest BCUT2D eigenvalue weighted by Crippen LogP contribution is -2.29. The van der Waals surface area contributed by atoms with Gasteiger partial charge in [-0.25, -0.2) is 4.39 Å². The Balaban J connectivity index is 1.86. The van der Waals surface area contributed by atoms with E-state index in [-0.39, 0.29) is 23.9 Å². The molecule has 0 saturated heterocycles. The van der Waals surface area contributed by atoms with Gasteiger partial charge in [-0.05, 0) is 29.1 Å². The highest BCUT2D eigenvalue weighted by atomic mass is 35.5. The molecule has 1 amide bonds. The van der Waals surface area contributed by atoms with Gasteiger partial charge < -0.3 is 10.4 Å². The minimum atomic E-state index is -0.964. The van der Waals surface area contributed by atoms with E-state index >= 15 is 0 Å². The smallest absolute Gasteiger partial charge is 0.225 e. The first-order valence-electron chi connectivity index (χ1n) is 5.98. The molecule has 2 N–H and O–H groups in total. The van der Waals surface area contributed by atoms with Gasteiger partial charge in [-0.15, -0.1) is 11.3 Å². The molecular formula is C14H13ClFNO2S. The van der Waals surface area contributed by atoms with Gasteiger partial charge in [0.15, 0.2) is 0 Å². The van der Waals surface area contributed by atoms with Gasteiger partial charge in [0.1, 0.15) is 5.82 Å². The van der Waals surface area contributed by atoms with Crippen molar-refractivity contribution in [3.8, 4) is 0 Å². The highest BCUT2D eigenvalue weighted by molar-refractivity contribution is 7.10. The molecule has 0 radical (unpaired) electrons. The van der Waals surface area contributed by atoms with Crippen LogP contribution in [0.25, 0.3) is 0 Å². The molecule has 0 saturated carbocycles. The van der Waals surface area contributed by atoms with Gasteiger partial charge in [-0.2, -0.15) is 0 Å². The zero-order valence-electron chi connectivity index (χ0n) is 10.5. The van der Waals surface area contributed by atoms with Crippen LogP contribution in [0.2, 0.25) is 5.02 Å². The summed E-state index contributed by atoms with van der Waals surface area (Å²) in [5.41, 5.74) is 0.378. The lowest BCUT2D eigenvalue weighted by Gasteiger charge is -2.12. The van der Waals surface area contributed by atoms with E-state index in [0.717, 1.165) is 4.88 Å². The van der Waals surface area contributed by atoms with Gasteiger partial charge in [0.2, 0.25) is 5.91 Å². The second kappa shape index (κ2) is 6.83. The molecule has 1 aromatic heterocycles. The van der Waals surface area contributed by atoms with E-state index in [9.17, 15) is 14.3 Å². The first kappa shape index (κ1) is 15.0. The Morgan fingerprint density at radius 2 is 2.25 bits per heavy atom. The summed E-state index contributed by atoms with van der Waals surface area (Å²) < 4.78 is 13.3. The highest BCUT2D eigenvalue weighted by Gasteiger charge is 2.12. The maximum atomic E-state index is 13.3. The zero-order valence-corrected chi connectivity index (χ0v) is 12.0. The number of benzene rings is 1. The highest BCUT2D eigenvalue weighted by Crippen LogP contribution is 2.20. The second-order valence-corrected chi connectivity index (χ2v) is 5.69. The lowest BCUT2D eigenvalue weighted by atomic mass is 10.1. The van der Waals surface area contributed by atoms with Gasteiger partial charge in [-0.1, -0.05) is 23.7 Å². The third-order valence-corrected chi connectivity index (χ3v) is 3.92. The summed E-state index contributed by atoms with van der Waals surface area (Å²) in [6.07, 6.45) is -0.687. The number of nitrogens with one attached hydrogen (secondary N) is 1. The molecule has 0 spiro atoms. The van der Waals surface area contributed by atoms with Crippen molar-refractivity contribution in [3.63, 3.8) is 0 Å². The average molecular weight is 314 g/mol. The van der Waals surface area contributed by atoms with Gasteiger partial charge in [0.25, 0.3) is 0 Å². The normalized spacial score (nSPS) is 12.2. The monoisotopic (exact) mass is 313 g/mol. The summed E-state index contributed by atoms with van der Waals surface area (Å²) in [6, 6.07) is 7.82. The van der Waals surface area contributed by atoms with Crippen LogP contribution in [0, 0.1) is 5.82 Å². The summed E-state index contributed by atoms with van der Waals surface area (Å²) in [7, 11) is 0. The Labute approximate surface area is 125 Å². The van der Waals surface area contributed by atoms with E-state index < -0.39 is 11.9 Å². The molecule has 106 valence electrons. The Morgan fingerprint density at radius 1 is 1.45 bits per heavy atom. The zero-order chi connectivity index (χ0) is 14.5. The fourth-order valence-electron chi connectivity index (χ4n) is 1.68. The number of carbonyl (C=O) groups excluding carboxylic acids is 1. The summed E-state index contributed by atoms with van der Waals surface area (Å²) in [5, 5.41) is 14.4. The molecule has 0 aliphatic heterocycles. The molecule has 3 nitrogen and oxygen atoms in total. The Kier molecular flexibility index (Phi) is 5.11. The molecule has 1 heterocycles. The van der Waals surface area contributed by atoms with E-state index in [0.29, 0.717) is 5.56 Å². The van der Waals surface area contributed by atoms with Gasteiger partial charge in [0.05, 0.1) is 17.5 Å². The van der Waals surface area contributed by atoms with Crippen LogP contribution in [-0.2, 0) is 11.2 Å². The summed E-state index contributed by atoms with van der Waals surface area (Å²) >= 11 is 7.07. The summed E-state index contributed by atoms with van der Waals surface area (Å²) in [4.78, 5) is 12.6. The SMILES string of the molecule is O=C(Cc1cccs1)NCC(O)c1ccc(Cl)c(F)c1. The van der Waals surface area contributed by atoms with Crippen molar-refractivity contribution in [2.45, 2.75) is 12.5 Å². The van der Waals surface area contributed by atoms with Crippen molar-refractivity contribution in [2.75, 3.05) is 6.54 Å². The fraction of sp³-hybridized carbons (Fsp3) is 0.214. The summed E-state index contributed by atoms with van der Waals surface area (Å²) in [5.74, 6) is -0.769. The van der Waals surface area contributed by atoms with Crippen LogP contribution in [0.1, 0.15) is 16.5 Å². The van der Waals surface area contributed by atoms with E-state index in [1.54, 1.807) is 0 Å². The van der Waals surface area contributed by atoms with Crippen LogP contribution < -0.4 is 5.32 Å². The van der Waals surface area contributed by atoms with Crippen LogP contribution in [0.3, 0.4) is 0 Å². The van der Waals surface area contributed by atoms with E-state index in [2.05, 4.69) is 5.32 Å². The van der Waals surface area contributed by atoms with Crippen molar-refractivity contribution < 1.29 is 14.3 Å². The van der Waals surface area contributed by atoms with Crippen molar-refractivity contribution >= 4 is 28.8 Å². The first-order chi connectivity index (χ1) is 9.56. The molecule has 2 rings (SSSR count). The van der Waals surface area contributed by atoms with E-state index in [1.807, 2.05) is 17.5 Å². The number of amides is 1. The molecule has 1 aromatic carbocycles. The van der Waals surface area contributed by atoms with Crippen molar-refractivity contribution in [3.05, 3.63) is 57.0 Å². The van der Waals surface area contributed by atoms with Gasteiger partial charge in [0, 0.05) is 11.4 Å². The second-order valence-electron chi connectivity index (χ2n) is 4.25. The maximum absolute atomic E-state index is 13.3. The van der Waals surface area contributed by atoms with E-state index in [4.69, 9.17) is 11.6 Å². The number of rotatable bonds is 5. The first-order valence-corrected chi connectivity index (χ1v) is 7.24. The predicted molar refractivity (Wildman–Crippen MR) is 77.4 cm³/mol. The number of carbonyl (C=O) groups is 1. The van der Waals surface area contributed by atoms with Crippen LogP contribution in [0.4, 0.5) is 4.39 Å². The maximum Gasteiger partial charge on any atom is 0.225 e. The number of hydrogen-bond donors (Lipinski definition) is 2. The molecule has 0 bridgehead atoms. The average Bonchev–Trinajstić information content (AvgIpc) is 2.92. The topological polar surface area (TPSA) is 49.3 Å². The van der Waals surface area contributed by atoms with E-state index in [1.165, 1.54) is 29.5 Å². The molecule has 6 heteroatoms. The van der Waals surface area contributed by atoms with Gasteiger partial charge in [-0.3, -0.25) is 4.79 Å². The molecule has 0 fully saturated rings. The van der Waals surface area contributed by atoms with Crippen LogP contribution in [-0.4, -0.2) is 17.6 Å². The van der Waals surface area contributed by atoms with Crippen molar-refractivity contribution in [1.29, 1.82) is 0 Å². The summed E-state index contributed by atoms with van der Waals surface area (Å²) in [6.45, 7) is 0.0330. The standard InChI is InChI=1S/C14H13ClFNO2S/c15-11-4-3-9(6-12(11)16)13(18)8-17-14(19)7-10-2-1-5-20-10/h1-6,13,18H,7-8H2,(H,17,19). The third-order valence-electron chi connectivity index (χ3n) is 2.74. The molecule has 0 aliphatic rings. The number of halogens is 2.